The van der Waals surface area contributed by atoms with Gasteiger partial charge in [-0.25, -0.2) is 4.79 Å². The third kappa shape index (κ3) is 2.25. The van der Waals surface area contributed by atoms with Crippen molar-refractivity contribution in [2.75, 3.05) is 16.8 Å². The number of nitrogens with one attached hydrogen (secondary N) is 1. The lowest BCUT2D eigenvalue weighted by Gasteiger charge is -2.18. The Hall–Kier alpha value is -2.01. The molecule has 1 aliphatic carbocycles. The lowest BCUT2D eigenvalue weighted by atomic mass is 10.2. The molecule has 1 aliphatic heterocycles. The summed E-state index contributed by atoms with van der Waals surface area (Å²) in [4.78, 5) is 14.4. The van der Waals surface area contributed by atoms with E-state index in [1.807, 2.05) is 31.4 Å². The smallest absolute Gasteiger partial charge is 0.304 e. The summed E-state index contributed by atoms with van der Waals surface area (Å²) in [5.41, 5.74) is 3.78. The number of hydrogen-bond donors (Lipinski definition) is 1. The fraction of sp³-hybridized carbons (Fsp3) is 0.375. The molecule has 0 radical (unpaired) electrons. The topological polar surface area (TPSA) is 50.2 Å². The molecule has 2 aliphatic rings. The minimum Gasteiger partial charge on any atom is -0.304 e. The van der Waals surface area contributed by atoms with Crippen molar-refractivity contribution < 1.29 is 4.79 Å². The van der Waals surface area contributed by atoms with Gasteiger partial charge in [0.2, 0.25) is 0 Å². The third-order valence-electron chi connectivity index (χ3n) is 4.28. The molecule has 2 amide bonds. The molecule has 0 spiro atoms. The van der Waals surface area contributed by atoms with Crippen molar-refractivity contribution in [2.24, 2.45) is 7.05 Å². The Kier molecular flexibility index (Phi) is 3.11. The minimum atomic E-state index is -0.115. The standard InChI is InChI=1S/C16H17ClN4O/c1-20-9-13(15(19-20)10-5-6-10)18-16(22)21-8-7-11-12(17)3-2-4-14(11)21/h2-4,9-10H,5-8H2,1H3,(H,18,22). The van der Waals surface area contributed by atoms with Gasteiger partial charge in [0.25, 0.3) is 0 Å². The summed E-state index contributed by atoms with van der Waals surface area (Å²) >= 11 is 6.21. The van der Waals surface area contributed by atoms with Gasteiger partial charge in [0.05, 0.1) is 17.1 Å². The molecule has 2 heterocycles. The normalized spacial score (nSPS) is 16.7. The van der Waals surface area contributed by atoms with Crippen molar-refractivity contribution >= 4 is 29.0 Å². The maximum atomic E-state index is 12.6. The number of halogens is 1. The molecule has 1 aromatic carbocycles. The second-order valence-electron chi connectivity index (χ2n) is 5.95. The van der Waals surface area contributed by atoms with Gasteiger partial charge in [0.15, 0.2) is 0 Å². The van der Waals surface area contributed by atoms with E-state index in [0.717, 1.165) is 46.9 Å². The summed E-state index contributed by atoms with van der Waals surface area (Å²) in [6, 6.07) is 5.58. The highest BCUT2D eigenvalue weighted by molar-refractivity contribution is 6.32. The number of aromatic nitrogens is 2. The van der Waals surface area contributed by atoms with Crippen LogP contribution in [0.15, 0.2) is 24.4 Å². The Bertz CT molecular complexity index is 751. The first-order chi connectivity index (χ1) is 10.6. The zero-order valence-corrected chi connectivity index (χ0v) is 13.1. The predicted molar refractivity (Wildman–Crippen MR) is 86.7 cm³/mol. The first kappa shape index (κ1) is 13.6. The maximum absolute atomic E-state index is 12.6. The molecule has 0 atom stereocenters. The number of amides is 2. The van der Waals surface area contributed by atoms with E-state index in [9.17, 15) is 4.79 Å². The number of anilines is 2. The fourth-order valence-electron chi connectivity index (χ4n) is 3.05. The molecule has 5 nitrogen and oxygen atoms in total. The molecule has 1 aromatic heterocycles. The van der Waals surface area contributed by atoms with Crippen molar-refractivity contribution in [3.05, 3.63) is 40.7 Å². The van der Waals surface area contributed by atoms with E-state index >= 15 is 0 Å². The summed E-state index contributed by atoms with van der Waals surface area (Å²) in [5.74, 6) is 0.497. The van der Waals surface area contributed by atoms with Crippen molar-refractivity contribution in [1.29, 1.82) is 0 Å². The Morgan fingerprint density at radius 1 is 1.41 bits per heavy atom. The van der Waals surface area contributed by atoms with Gasteiger partial charge in [0, 0.05) is 30.7 Å². The summed E-state index contributed by atoms with van der Waals surface area (Å²) in [6.07, 6.45) is 4.98. The maximum Gasteiger partial charge on any atom is 0.326 e. The Morgan fingerprint density at radius 2 is 2.23 bits per heavy atom. The molecule has 1 fully saturated rings. The van der Waals surface area contributed by atoms with Crippen LogP contribution >= 0.6 is 11.6 Å². The predicted octanol–water partition coefficient (Wildman–Crippen LogP) is 3.55. The van der Waals surface area contributed by atoms with Gasteiger partial charge in [0.1, 0.15) is 0 Å². The lowest BCUT2D eigenvalue weighted by Crippen LogP contribution is -2.33. The summed E-state index contributed by atoms with van der Waals surface area (Å²) in [7, 11) is 1.88. The second-order valence-corrected chi connectivity index (χ2v) is 6.35. The van der Waals surface area contributed by atoms with Crippen molar-refractivity contribution in [3.8, 4) is 0 Å². The molecule has 2 aromatic rings. The number of carbonyl (C=O) groups excluding carboxylic acids is 1. The molecular weight excluding hydrogens is 300 g/mol. The van der Waals surface area contributed by atoms with Crippen LogP contribution in [0.2, 0.25) is 5.02 Å². The SMILES string of the molecule is Cn1cc(NC(=O)N2CCc3c(Cl)cccc32)c(C2CC2)n1. The van der Waals surface area contributed by atoms with E-state index in [0.29, 0.717) is 12.5 Å². The number of aryl methyl sites for hydroxylation is 1. The molecule has 0 saturated heterocycles. The van der Waals surface area contributed by atoms with Crippen LogP contribution in [-0.2, 0) is 13.5 Å². The van der Waals surface area contributed by atoms with E-state index in [-0.39, 0.29) is 6.03 Å². The highest BCUT2D eigenvalue weighted by atomic mass is 35.5. The van der Waals surface area contributed by atoms with Crippen LogP contribution in [0.1, 0.15) is 30.0 Å². The van der Waals surface area contributed by atoms with Gasteiger partial charge in [-0.3, -0.25) is 9.58 Å². The number of urea groups is 1. The number of hydrogen-bond acceptors (Lipinski definition) is 2. The van der Waals surface area contributed by atoms with Crippen molar-refractivity contribution in [2.45, 2.75) is 25.2 Å². The van der Waals surface area contributed by atoms with Crippen LogP contribution in [0.3, 0.4) is 0 Å². The van der Waals surface area contributed by atoms with Gasteiger partial charge in [-0.1, -0.05) is 17.7 Å². The first-order valence-corrected chi connectivity index (χ1v) is 7.90. The highest BCUT2D eigenvalue weighted by Gasteiger charge is 2.31. The molecule has 1 saturated carbocycles. The van der Waals surface area contributed by atoms with Crippen molar-refractivity contribution in [1.82, 2.24) is 9.78 Å². The van der Waals surface area contributed by atoms with Crippen LogP contribution in [0.25, 0.3) is 0 Å². The van der Waals surface area contributed by atoms with Crippen LogP contribution in [0.5, 0.6) is 0 Å². The number of carbonyl (C=O) groups is 1. The lowest BCUT2D eigenvalue weighted by molar-refractivity contribution is 0.257. The summed E-state index contributed by atoms with van der Waals surface area (Å²) in [5, 5.41) is 8.22. The molecule has 4 rings (SSSR count). The van der Waals surface area contributed by atoms with E-state index in [1.165, 1.54) is 0 Å². The fourth-order valence-corrected chi connectivity index (χ4v) is 3.31. The first-order valence-electron chi connectivity index (χ1n) is 7.53. The molecule has 22 heavy (non-hydrogen) atoms. The average molecular weight is 317 g/mol. The Balaban J connectivity index is 1.58. The molecule has 0 bridgehead atoms. The van der Waals surface area contributed by atoms with Crippen LogP contribution in [0, 0.1) is 0 Å². The van der Waals surface area contributed by atoms with Gasteiger partial charge >= 0.3 is 6.03 Å². The van der Waals surface area contributed by atoms with Gasteiger partial charge in [-0.15, -0.1) is 0 Å². The van der Waals surface area contributed by atoms with E-state index in [4.69, 9.17) is 11.6 Å². The van der Waals surface area contributed by atoms with Crippen molar-refractivity contribution in [3.63, 3.8) is 0 Å². The quantitative estimate of drug-likeness (QED) is 0.921. The number of rotatable bonds is 2. The summed E-state index contributed by atoms with van der Waals surface area (Å²) < 4.78 is 1.76. The average Bonchev–Trinajstić information content (AvgIpc) is 3.12. The summed E-state index contributed by atoms with van der Waals surface area (Å²) in [6.45, 7) is 0.657. The van der Waals surface area contributed by atoms with Crippen LogP contribution in [0.4, 0.5) is 16.2 Å². The molecule has 6 heteroatoms. The van der Waals surface area contributed by atoms with Gasteiger partial charge in [-0.2, -0.15) is 5.10 Å². The third-order valence-corrected chi connectivity index (χ3v) is 4.63. The molecule has 1 N–H and O–H groups in total. The molecule has 0 unspecified atom stereocenters. The Morgan fingerprint density at radius 3 is 3.00 bits per heavy atom. The van der Waals surface area contributed by atoms with E-state index in [2.05, 4.69) is 10.4 Å². The van der Waals surface area contributed by atoms with Crippen LogP contribution in [-0.4, -0.2) is 22.4 Å². The minimum absolute atomic E-state index is 0.115. The zero-order valence-electron chi connectivity index (χ0n) is 12.3. The number of fused-ring (bicyclic) bond motifs is 1. The zero-order chi connectivity index (χ0) is 15.3. The largest absolute Gasteiger partial charge is 0.326 e. The van der Waals surface area contributed by atoms with Crippen LogP contribution < -0.4 is 10.2 Å². The number of benzene rings is 1. The highest BCUT2D eigenvalue weighted by Crippen LogP contribution is 2.42. The van der Waals surface area contributed by atoms with E-state index < -0.39 is 0 Å². The molecular formula is C16H17ClN4O. The van der Waals surface area contributed by atoms with E-state index in [1.54, 1.807) is 9.58 Å². The van der Waals surface area contributed by atoms with Gasteiger partial charge in [-0.05, 0) is 37.0 Å². The second kappa shape index (κ2) is 5.02. The number of nitrogens with zero attached hydrogens (tertiary/aromatic N) is 3. The monoisotopic (exact) mass is 316 g/mol. The Labute approximate surface area is 133 Å². The van der Waals surface area contributed by atoms with Gasteiger partial charge < -0.3 is 5.32 Å². The molecule has 114 valence electrons.